The van der Waals surface area contributed by atoms with Gasteiger partial charge >= 0.3 is 5.97 Å². The zero-order chi connectivity index (χ0) is 24.1. The molecule has 2 heterocycles. The molecule has 0 saturated heterocycles. The zero-order valence-electron chi connectivity index (χ0n) is 20.5. The summed E-state index contributed by atoms with van der Waals surface area (Å²) in [4.78, 5) is 24.2. The number of esters is 1. The van der Waals surface area contributed by atoms with Crippen molar-refractivity contribution < 1.29 is 14.3 Å². The molecule has 180 valence electrons. The number of carbonyl (C=O) groups excluding carboxylic acids is 1. The first-order valence-corrected chi connectivity index (χ1v) is 12.8. The number of hydrogen-bond acceptors (Lipinski definition) is 7. The van der Waals surface area contributed by atoms with Crippen molar-refractivity contribution in [2.75, 3.05) is 24.6 Å². The molecule has 0 amide bonds. The van der Waals surface area contributed by atoms with Crippen molar-refractivity contribution >= 4 is 23.1 Å². The largest absolute Gasteiger partial charge is 0.494 e. The SMILES string of the molecule is CCCN(CCCOc1ccc2c(c1)CC[C@@H]2OC(C)=O)c1ccc(-c2nc(C)c(C)s2)cn1. The van der Waals surface area contributed by atoms with Crippen molar-refractivity contribution in [1.29, 1.82) is 0 Å². The van der Waals surface area contributed by atoms with E-state index in [0.717, 1.165) is 72.2 Å². The van der Waals surface area contributed by atoms with Gasteiger partial charge in [0.2, 0.25) is 0 Å². The first kappa shape index (κ1) is 24.2. The van der Waals surface area contributed by atoms with E-state index in [9.17, 15) is 4.79 Å². The second kappa shape index (κ2) is 11.0. The molecule has 0 unspecified atom stereocenters. The maximum absolute atomic E-state index is 11.3. The van der Waals surface area contributed by atoms with E-state index in [0.29, 0.717) is 6.61 Å². The van der Waals surface area contributed by atoms with Crippen LogP contribution in [-0.2, 0) is 16.0 Å². The molecule has 6 nitrogen and oxygen atoms in total. The molecule has 1 aliphatic carbocycles. The van der Waals surface area contributed by atoms with Crippen molar-refractivity contribution in [3.63, 3.8) is 0 Å². The fourth-order valence-electron chi connectivity index (χ4n) is 4.32. The van der Waals surface area contributed by atoms with E-state index in [2.05, 4.69) is 41.9 Å². The normalized spacial score (nSPS) is 14.6. The molecule has 1 aromatic carbocycles. The number of fused-ring (bicyclic) bond motifs is 1. The Hall–Kier alpha value is -2.93. The molecule has 2 aromatic heterocycles. The average Bonchev–Trinajstić information content (AvgIpc) is 3.37. The molecule has 0 spiro atoms. The number of ether oxygens (including phenoxy) is 2. The maximum atomic E-state index is 11.3. The number of pyridine rings is 1. The topological polar surface area (TPSA) is 64.6 Å². The second-order valence-electron chi connectivity index (χ2n) is 8.75. The van der Waals surface area contributed by atoms with Crippen LogP contribution in [0, 0.1) is 13.8 Å². The Morgan fingerprint density at radius 2 is 2.06 bits per heavy atom. The van der Waals surface area contributed by atoms with Gasteiger partial charge in [-0.3, -0.25) is 4.79 Å². The van der Waals surface area contributed by atoms with Gasteiger partial charge in [-0.15, -0.1) is 11.3 Å². The van der Waals surface area contributed by atoms with Crippen molar-refractivity contribution in [3.05, 3.63) is 58.2 Å². The highest BCUT2D eigenvalue weighted by Crippen LogP contribution is 2.36. The number of aryl methyl sites for hydroxylation is 3. The molecule has 0 fully saturated rings. The molecule has 1 aliphatic rings. The summed E-state index contributed by atoms with van der Waals surface area (Å²) in [6.07, 6.45) is 5.53. The van der Waals surface area contributed by atoms with E-state index in [1.165, 1.54) is 17.4 Å². The lowest BCUT2D eigenvalue weighted by Crippen LogP contribution is -2.27. The lowest BCUT2D eigenvalue weighted by atomic mass is 10.1. The van der Waals surface area contributed by atoms with Gasteiger partial charge in [-0.2, -0.15) is 0 Å². The number of aromatic nitrogens is 2. The number of rotatable bonds is 10. The van der Waals surface area contributed by atoms with Crippen LogP contribution in [0.3, 0.4) is 0 Å². The summed E-state index contributed by atoms with van der Waals surface area (Å²) in [5.74, 6) is 1.64. The van der Waals surface area contributed by atoms with Crippen molar-refractivity contribution in [1.82, 2.24) is 9.97 Å². The number of benzene rings is 1. The lowest BCUT2D eigenvalue weighted by molar-refractivity contribution is -0.146. The van der Waals surface area contributed by atoms with Crippen molar-refractivity contribution in [2.45, 2.75) is 59.5 Å². The van der Waals surface area contributed by atoms with Gasteiger partial charge < -0.3 is 14.4 Å². The highest BCUT2D eigenvalue weighted by atomic mass is 32.1. The number of nitrogens with zero attached hydrogens (tertiary/aromatic N) is 3. The first-order chi connectivity index (χ1) is 16.4. The predicted octanol–water partition coefficient (Wildman–Crippen LogP) is 6.06. The van der Waals surface area contributed by atoms with Gasteiger partial charge in [0.05, 0.1) is 12.3 Å². The summed E-state index contributed by atoms with van der Waals surface area (Å²) >= 11 is 1.71. The molecule has 34 heavy (non-hydrogen) atoms. The molecule has 0 bridgehead atoms. The van der Waals surface area contributed by atoms with Crippen LogP contribution >= 0.6 is 11.3 Å². The van der Waals surface area contributed by atoms with Gasteiger partial charge in [0.15, 0.2) is 0 Å². The summed E-state index contributed by atoms with van der Waals surface area (Å²) in [6.45, 7) is 10.3. The van der Waals surface area contributed by atoms with Gasteiger partial charge in [-0.25, -0.2) is 9.97 Å². The standard InChI is InChI=1S/C27H33N3O3S/c1-5-13-30(26-12-8-22(17-28-26)27-29-18(2)19(3)34-27)14-6-15-32-23-9-10-24-21(16-23)7-11-25(24)33-20(4)31/h8-10,12,16-17,25H,5-7,11,13-15H2,1-4H3/t25-/m0/s1. The summed E-state index contributed by atoms with van der Waals surface area (Å²) in [5, 5.41) is 1.03. The maximum Gasteiger partial charge on any atom is 0.303 e. The number of thiazole rings is 1. The molecule has 0 aliphatic heterocycles. The van der Waals surface area contributed by atoms with Gasteiger partial charge in [0, 0.05) is 36.7 Å². The third kappa shape index (κ3) is 5.76. The zero-order valence-corrected chi connectivity index (χ0v) is 21.3. The summed E-state index contributed by atoms with van der Waals surface area (Å²) < 4.78 is 11.5. The van der Waals surface area contributed by atoms with Crippen molar-refractivity contribution in [3.8, 4) is 16.3 Å². The molecule has 0 N–H and O–H groups in total. The molecular weight excluding hydrogens is 446 g/mol. The lowest BCUT2D eigenvalue weighted by Gasteiger charge is -2.23. The summed E-state index contributed by atoms with van der Waals surface area (Å²) in [6, 6.07) is 10.3. The highest BCUT2D eigenvalue weighted by Gasteiger charge is 2.25. The molecule has 7 heteroatoms. The first-order valence-electron chi connectivity index (χ1n) is 12.0. The van der Waals surface area contributed by atoms with Crippen molar-refractivity contribution in [2.24, 2.45) is 0 Å². The van der Waals surface area contributed by atoms with E-state index in [1.54, 1.807) is 11.3 Å². The molecule has 3 aromatic rings. The van der Waals surface area contributed by atoms with E-state index in [1.807, 2.05) is 25.3 Å². The third-order valence-electron chi connectivity index (χ3n) is 6.13. The van der Waals surface area contributed by atoms with Gasteiger partial charge in [0.1, 0.15) is 22.7 Å². The Kier molecular flexibility index (Phi) is 7.83. The van der Waals surface area contributed by atoms with Gasteiger partial charge in [-0.1, -0.05) is 13.0 Å². The fraction of sp³-hybridized carbons (Fsp3) is 0.444. The number of carbonyl (C=O) groups is 1. The quantitative estimate of drug-likeness (QED) is 0.260. The summed E-state index contributed by atoms with van der Waals surface area (Å²) in [7, 11) is 0. The molecule has 0 radical (unpaired) electrons. The third-order valence-corrected chi connectivity index (χ3v) is 7.25. The van der Waals surface area contributed by atoms with E-state index in [4.69, 9.17) is 14.5 Å². The smallest absolute Gasteiger partial charge is 0.303 e. The van der Waals surface area contributed by atoms with Crippen LogP contribution < -0.4 is 9.64 Å². The predicted molar refractivity (Wildman–Crippen MR) is 137 cm³/mol. The second-order valence-corrected chi connectivity index (χ2v) is 9.96. The van der Waals surface area contributed by atoms with Crippen LogP contribution in [0.2, 0.25) is 0 Å². The Balaban J connectivity index is 1.31. The number of anilines is 1. The Morgan fingerprint density at radius 1 is 1.21 bits per heavy atom. The van der Waals surface area contributed by atoms with E-state index < -0.39 is 0 Å². The average molecular weight is 480 g/mol. The van der Waals surface area contributed by atoms with E-state index >= 15 is 0 Å². The molecule has 1 atom stereocenters. The van der Waals surface area contributed by atoms with Crippen LogP contribution in [-0.4, -0.2) is 35.6 Å². The van der Waals surface area contributed by atoms with Crippen LogP contribution in [0.25, 0.3) is 10.6 Å². The molecule has 0 saturated carbocycles. The van der Waals surface area contributed by atoms with Crippen LogP contribution in [0.15, 0.2) is 36.5 Å². The van der Waals surface area contributed by atoms with Crippen LogP contribution in [0.4, 0.5) is 5.82 Å². The monoisotopic (exact) mass is 479 g/mol. The highest BCUT2D eigenvalue weighted by molar-refractivity contribution is 7.15. The van der Waals surface area contributed by atoms with Gasteiger partial charge in [0.25, 0.3) is 0 Å². The van der Waals surface area contributed by atoms with Gasteiger partial charge in [-0.05, 0) is 74.9 Å². The van der Waals surface area contributed by atoms with Crippen LogP contribution in [0.5, 0.6) is 5.75 Å². The Labute approximate surface area is 206 Å². The minimum absolute atomic E-state index is 0.119. The minimum Gasteiger partial charge on any atom is -0.494 e. The van der Waals surface area contributed by atoms with E-state index in [-0.39, 0.29) is 12.1 Å². The Bertz CT molecular complexity index is 1110. The molecular formula is C27H33N3O3S. The van der Waals surface area contributed by atoms with Crippen LogP contribution in [0.1, 0.15) is 60.9 Å². The Morgan fingerprint density at radius 3 is 2.74 bits per heavy atom. The molecule has 4 rings (SSSR count). The minimum atomic E-state index is -0.229. The number of hydrogen-bond donors (Lipinski definition) is 0. The summed E-state index contributed by atoms with van der Waals surface area (Å²) in [5.41, 5.74) is 4.47. The fourth-order valence-corrected chi connectivity index (χ4v) is 5.22.